The Balaban J connectivity index is 1.91. The number of aromatic nitrogens is 2. The monoisotopic (exact) mass is 343 g/mol. The Hall–Kier alpha value is -2.51. The van der Waals surface area contributed by atoms with Gasteiger partial charge in [0.1, 0.15) is 5.82 Å². The highest BCUT2D eigenvalue weighted by Gasteiger charge is 2.30. The zero-order valence-electron chi connectivity index (χ0n) is 14.3. The molecule has 0 spiro atoms. The van der Waals surface area contributed by atoms with Crippen LogP contribution in [0, 0.1) is 6.92 Å². The highest BCUT2D eigenvalue weighted by atomic mass is 16.5. The van der Waals surface area contributed by atoms with Crippen molar-refractivity contribution in [2.24, 2.45) is 0 Å². The van der Waals surface area contributed by atoms with Crippen LogP contribution in [-0.2, 0) is 16.1 Å². The van der Waals surface area contributed by atoms with E-state index in [0.29, 0.717) is 43.4 Å². The van der Waals surface area contributed by atoms with Crippen LogP contribution in [0.5, 0.6) is 0 Å². The number of methoxy groups -OCH3 is 1. The van der Waals surface area contributed by atoms with Gasteiger partial charge in [0.25, 0.3) is 11.5 Å². The fraction of sp³-hybridized carbons (Fsp3) is 0.389. The summed E-state index contributed by atoms with van der Waals surface area (Å²) < 4.78 is 10.7. The van der Waals surface area contributed by atoms with Gasteiger partial charge < -0.3 is 19.4 Å². The third kappa shape index (κ3) is 3.94. The van der Waals surface area contributed by atoms with Crippen molar-refractivity contribution in [3.63, 3.8) is 0 Å². The second-order valence-corrected chi connectivity index (χ2v) is 5.98. The number of aromatic amines is 1. The molecule has 1 aromatic heterocycles. The van der Waals surface area contributed by atoms with E-state index in [1.807, 2.05) is 18.2 Å². The SMILES string of the molecule is COCc1cccc(C(=O)N2CCOCC2c2cc(=O)[nH]c(C)n2)c1. The van der Waals surface area contributed by atoms with Crippen LogP contribution in [0.1, 0.15) is 33.5 Å². The van der Waals surface area contributed by atoms with Gasteiger partial charge in [0.2, 0.25) is 0 Å². The Morgan fingerprint density at radius 3 is 3.04 bits per heavy atom. The molecule has 0 radical (unpaired) electrons. The van der Waals surface area contributed by atoms with E-state index in [4.69, 9.17) is 9.47 Å². The topological polar surface area (TPSA) is 84.5 Å². The van der Waals surface area contributed by atoms with E-state index in [1.165, 1.54) is 6.07 Å². The molecule has 2 heterocycles. The highest BCUT2D eigenvalue weighted by molar-refractivity contribution is 5.94. The molecule has 0 bridgehead atoms. The summed E-state index contributed by atoms with van der Waals surface area (Å²) in [6.45, 7) is 3.39. The Kier molecular flexibility index (Phi) is 5.25. The summed E-state index contributed by atoms with van der Waals surface area (Å²) in [4.78, 5) is 33.5. The number of H-pyrrole nitrogens is 1. The average molecular weight is 343 g/mol. The number of nitrogens with one attached hydrogen (secondary N) is 1. The maximum absolute atomic E-state index is 13.0. The molecule has 1 aromatic carbocycles. The molecule has 1 atom stereocenters. The van der Waals surface area contributed by atoms with Gasteiger partial charge in [0.15, 0.2) is 0 Å². The third-order valence-corrected chi connectivity index (χ3v) is 4.10. The van der Waals surface area contributed by atoms with Gasteiger partial charge in [0, 0.05) is 25.3 Å². The summed E-state index contributed by atoms with van der Waals surface area (Å²) in [5.41, 5.74) is 1.83. The molecule has 1 aliphatic rings. The highest BCUT2D eigenvalue weighted by Crippen LogP contribution is 2.24. The lowest BCUT2D eigenvalue weighted by molar-refractivity contribution is -0.00402. The molecule has 0 aliphatic carbocycles. The molecular formula is C18H21N3O4. The van der Waals surface area contributed by atoms with Crippen molar-refractivity contribution in [2.45, 2.75) is 19.6 Å². The zero-order chi connectivity index (χ0) is 17.8. The minimum absolute atomic E-state index is 0.106. The maximum atomic E-state index is 13.0. The largest absolute Gasteiger partial charge is 0.380 e. The van der Waals surface area contributed by atoms with E-state index in [2.05, 4.69) is 9.97 Å². The van der Waals surface area contributed by atoms with E-state index >= 15 is 0 Å². The summed E-state index contributed by atoms with van der Waals surface area (Å²) in [6.07, 6.45) is 0. The zero-order valence-corrected chi connectivity index (χ0v) is 14.3. The molecule has 1 fully saturated rings. The average Bonchev–Trinajstić information content (AvgIpc) is 2.61. The number of carbonyl (C=O) groups excluding carboxylic acids is 1. The predicted molar refractivity (Wildman–Crippen MR) is 91.3 cm³/mol. The van der Waals surface area contributed by atoms with Crippen molar-refractivity contribution >= 4 is 5.91 Å². The van der Waals surface area contributed by atoms with Crippen molar-refractivity contribution in [1.82, 2.24) is 14.9 Å². The van der Waals surface area contributed by atoms with Crippen LogP contribution < -0.4 is 5.56 Å². The van der Waals surface area contributed by atoms with Gasteiger partial charge in [0.05, 0.1) is 31.6 Å². The van der Waals surface area contributed by atoms with E-state index in [-0.39, 0.29) is 17.5 Å². The van der Waals surface area contributed by atoms with Crippen LogP contribution in [0.4, 0.5) is 0 Å². The van der Waals surface area contributed by atoms with Crippen molar-refractivity contribution in [1.29, 1.82) is 0 Å². The molecule has 1 N–H and O–H groups in total. The van der Waals surface area contributed by atoms with E-state index in [1.54, 1.807) is 25.0 Å². The van der Waals surface area contributed by atoms with Gasteiger partial charge in [-0.05, 0) is 24.6 Å². The molecule has 1 aliphatic heterocycles. The Bertz CT molecular complexity index is 818. The van der Waals surface area contributed by atoms with Crippen LogP contribution in [0.15, 0.2) is 35.1 Å². The number of nitrogens with zero attached hydrogens (tertiary/aromatic N) is 2. The number of morpholine rings is 1. The first-order valence-electron chi connectivity index (χ1n) is 8.13. The minimum atomic E-state index is -0.381. The predicted octanol–water partition coefficient (Wildman–Crippen LogP) is 1.44. The first-order chi connectivity index (χ1) is 12.1. The van der Waals surface area contributed by atoms with Gasteiger partial charge in [-0.25, -0.2) is 4.98 Å². The van der Waals surface area contributed by atoms with Crippen molar-refractivity contribution in [3.05, 3.63) is 63.3 Å². The smallest absolute Gasteiger partial charge is 0.254 e. The minimum Gasteiger partial charge on any atom is -0.380 e. The van der Waals surface area contributed by atoms with Crippen molar-refractivity contribution in [2.75, 3.05) is 26.9 Å². The van der Waals surface area contributed by atoms with E-state index in [0.717, 1.165) is 5.56 Å². The number of amides is 1. The number of hydrogen-bond acceptors (Lipinski definition) is 5. The summed E-state index contributed by atoms with van der Waals surface area (Å²) in [6, 6.07) is 8.41. The van der Waals surface area contributed by atoms with Gasteiger partial charge in [-0.1, -0.05) is 12.1 Å². The number of carbonyl (C=O) groups is 1. The normalized spacial score (nSPS) is 17.5. The number of aryl methyl sites for hydroxylation is 1. The maximum Gasteiger partial charge on any atom is 0.254 e. The molecule has 7 nitrogen and oxygen atoms in total. The molecule has 2 aromatic rings. The van der Waals surface area contributed by atoms with Crippen LogP contribution in [0.3, 0.4) is 0 Å². The van der Waals surface area contributed by atoms with Crippen LogP contribution in [-0.4, -0.2) is 47.6 Å². The lowest BCUT2D eigenvalue weighted by Gasteiger charge is -2.35. The van der Waals surface area contributed by atoms with Crippen molar-refractivity contribution in [3.8, 4) is 0 Å². The van der Waals surface area contributed by atoms with Crippen molar-refractivity contribution < 1.29 is 14.3 Å². The molecule has 3 rings (SSSR count). The van der Waals surface area contributed by atoms with Gasteiger partial charge >= 0.3 is 0 Å². The van der Waals surface area contributed by atoms with Crippen LogP contribution >= 0.6 is 0 Å². The summed E-state index contributed by atoms with van der Waals surface area (Å²) in [5.74, 6) is 0.411. The van der Waals surface area contributed by atoms with Gasteiger partial charge in [-0.3, -0.25) is 9.59 Å². The fourth-order valence-corrected chi connectivity index (χ4v) is 2.99. The Morgan fingerprint density at radius 1 is 1.44 bits per heavy atom. The molecule has 0 saturated carbocycles. The van der Waals surface area contributed by atoms with Crippen LogP contribution in [0.25, 0.3) is 0 Å². The number of benzene rings is 1. The first-order valence-corrected chi connectivity index (χ1v) is 8.13. The standard InChI is InChI=1S/C18H21N3O4/c1-12-19-15(9-17(22)20-12)16-11-25-7-6-21(16)18(23)14-5-3-4-13(8-14)10-24-2/h3-5,8-9,16H,6-7,10-11H2,1-2H3,(H,19,20,22). The Morgan fingerprint density at radius 2 is 2.28 bits per heavy atom. The van der Waals surface area contributed by atoms with E-state index in [9.17, 15) is 9.59 Å². The van der Waals surface area contributed by atoms with E-state index < -0.39 is 0 Å². The summed E-state index contributed by atoms with van der Waals surface area (Å²) in [5, 5.41) is 0. The van der Waals surface area contributed by atoms with Gasteiger partial charge in [-0.2, -0.15) is 0 Å². The number of ether oxygens (including phenoxy) is 2. The molecule has 7 heteroatoms. The second-order valence-electron chi connectivity index (χ2n) is 5.98. The molecule has 1 saturated heterocycles. The third-order valence-electron chi connectivity index (χ3n) is 4.10. The number of rotatable bonds is 4. The Labute approximate surface area is 145 Å². The first kappa shape index (κ1) is 17.3. The fourth-order valence-electron chi connectivity index (χ4n) is 2.99. The number of hydrogen-bond donors (Lipinski definition) is 1. The van der Waals surface area contributed by atoms with Gasteiger partial charge in [-0.15, -0.1) is 0 Å². The molecule has 132 valence electrons. The molecule has 1 amide bonds. The lowest BCUT2D eigenvalue weighted by Crippen LogP contribution is -2.44. The lowest BCUT2D eigenvalue weighted by atomic mass is 10.1. The summed E-state index contributed by atoms with van der Waals surface area (Å²) in [7, 11) is 1.62. The second kappa shape index (κ2) is 7.58. The molecule has 1 unspecified atom stereocenters. The molecular weight excluding hydrogens is 322 g/mol. The quantitative estimate of drug-likeness (QED) is 0.908. The summed E-state index contributed by atoms with van der Waals surface area (Å²) >= 11 is 0. The van der Waals surface area contributed by atoms with Crippen LogP contribution in [0.2, 0.25) is 0 Å². The molecule has 25 heavy (non-hydrogen) atoms.